The molecule has 0 amide bonds. The summed E-state index contributed by atoms with van der Waals surface area (Å²) < 4.78 is 51.1. The molecule has 396 valence electrons. The number of Topliss-reactive ketones (excluding diaryl/α,β-unsaturated/α-hetero) is 1. The van der Waals surface area contributed by atoms with Gasteiger partial charge in [0.25, 0.3) is 0 Å². The number of fused-ring (bicyclic) bond motifs is 5. The highest BCUT2D eigenvalue weighted by atomic mass is 16.6. The van der Waals surface area contributed by atoms with Crippen molar-refractivity contribution in [3.8, 4) is 34.5 Å². The minimum atomic E-state index is -0.523. The summed E-state index contributed by atoms with van der Waals surface area (Å²) in [5, 5.41) is 3.16. The van der Waals surface area contributed by atoms with E-state index in [4.69, 9.17) is 46.1 Å². The van der Waals surface area contributed by atoms with Gasteiger partial charge in [0, 0.05) is 56.2 Å². The van der Waals surface area contributed by atoms with Gasteiger partial charge in [-0.15, -0.1) is 0 Å². The number of esters is 5. The van der Waals surface area contributed by atoms with Crippen molar-refractivity contribution in [1.29, 1.82) is 0 Å². The normalized spacial score (nSPS) is 10.8. The first-order valence-corrected chi connectivity index (χ1v) is 23.3. The van der Waals surface area contributed by atoms with Crippen molar-refractivity contribution in [1.82, 2.24) is 0 Å². The molecule has 9 aromatic rings. The van der Waals surface area contributed by atoms with Crippen LogP contribution in [0.1, 0.15) is 45.0 Å². The smallest absolute Gasteiger partial charge is 0.338 e. The van der Waals surface area contributed by atoms with Crippen LogP contribution in [0.5, 0.6) is 34.5 Å². The third kappa shape index (κ3) is 15.5. The van der Waals surface area contributed by atoms with Crippen molar-refractivity contribution in [3.63, 3.8) is 0 Å². The van der Waals surface area contributed by atoms with Crippen LogP contribution in [-0.4, -0.2) is 42.2 Å². The first-order valence-electron chi connectivity index (χ1n) is 23.3. The lowest BCUT2D eigenvalue weighted by molar-refractivity contribution is -0.130. The van der Waals surface area contributed by atoms with Gasteiger partial charge in [0.15, 0.2) is 23.4 Å². The molecule has 0 aliphatic carbocycles. The second-order valence-corrected chi connectivity index (χ2v) is 17.0. The van der Waals surface area contributed by atoms with Gasteiger partial charge in [-0.2, -0.15) is 0 Å². The maximum atomic E-state index is 11.5. The molecule has 0 spiro atoms. The van der Waals surface area contributed by atoms with Crippen LogP contribution in [0.25, 0.3) is 43.9 Å². The zero-order valence-corrected chi connectivity index (χ0v) is 43.0. The van der Waals surface area contributed by atoms with Crippen LogP contribution in [-0.2, 0) is 24.0 Å². The lowest BCUT2D eigenvalue weighted by atomic mass is 10.1. The summed E-state index contributed by atoms with van der Waals surface area (Å²) in [6.45, 7) is 25.5. The molecule has 0 saturated heterocycles. The third-order valence-corrected chi connectivity index (χ3v) is 10.3. The van der Waals surface area contributed by atoms with Gasteiger partial charge in [-0.25, -0.2) is 24.0 Å². The molecule has 1 aliphatic rings. The molecule has 5 heterocycles. The van der Waals surface area contributed by atoms with Crippen molar-refractivity contribution in [2.24, 2.45) is 0 Å². The van der Waals surface area contributed by atoms with E-state index in [1.807, 2.05) is 30.3 Å². The molecule has 0 unspecified atom stereocenters. The highest BCUT2D eigenvalue weighted by Crippen LogP contribution is 2.30. The average molecular weight is 1060 g/mol. The number of hydrogen-bond donors (Lipinski definition) is 0. The van der Waals surface area contributed by atoms with Crippen molar-refractivity contribution in [2.45, 2.75) is 34.6 Å². The van der Waals surface area contributed by atoms with Gasteiger partial charge in [-0.3, -0.25) is 9.59 Å². The van der Waals surface area contributed by atoms with E-state index in [1.54, 1.807) is 120 Å². The quantitative estimate of drug-likeness (QED) is 0.0704. The second-order valence-electron chi connectivity index (χ2n) is 17.0. The lowest BCUT2D eigenvalue weighted by Crippen LogP contribution is -2.08. The van der Waals surface area contributed by atoms with Crippen LogP contribution in [0.15, 0.2) is 224 Å². The molecule has 0 N–H and O–H groups in total. The zero-order chi connectivity index (χ0) is 56.6. The summed E-state index contributed by atoms with van der Waals surface area (Å²) in [6.07, 6.45) is 6.07. The van der Waals surface area contributed by atoms with E-state index in [0.717, 1.165) is 21.7 Å². The van der Waals surface area contributed by atoms with Crippen LogP contribution in [0.3, 0.4) is 0 Å². The fourth-order valence-corrected chi connectivity index (χ4v) is 6.28. The molecule has 4 aromatic heterocycles. The van der Waals surface area contributed by atoms with Gasteiger partial charge in [0.2, 0.25) is 5.78 Å². The van der Waals surface area contributed by atoms with Crippen molar-refractivity contribution in [2.75, 3.05) is 6.61 Å². The fraction of sp³-hybridized carbons (Fsp3) is 0.0984. The first kappa shape index (κ1) is 56.7. The Balaban J connectivity index is 0.000000158. The summed E-state index contributed by atoms with van der Waals surface area (Å²) >= 11 is 0. The number of ketones is 1. The number of furan rings is 3. The molecule has 17 heteroatoms. The van der Waals surface area contributed by atoms with Gasteiger partial charge >= 0.3 is 29.8 Å². The molecule has 0 bridgehead atoms. The highest BCUT2D eigenvalue weighted by molar-refractivity contribution is 6.03. The monoisotopic (exact) mass is 1050 g/mol. The summed E-state index contributed by atoms with van der Waals surface area (Å²) in [5.41, 5.74) is 4.47. The van der Waals surface area contributed by atoms with Gasteiger partial charge in [-0.05, 0) is 126 Å². The van der Waals surface area contributed by atoms with E-state index in [0.29, 0.717) is 90.1 Å². The summed E-state index contributed by atoms with van der Waals surface area (Å²) in [6, 6.07) is 31.9. The van der Waals surface area contributed by atoms with E-state index in [-0.39, 0.29) is 17.8 Å². The minimum absolute atomic E-state index is 0.0488. The molecule has 1 aliphatic heterocycles. The van der Waals surface area contributed by atoms with Crippen molar-refractivity contribution >= 4 is 79.5 Å². The van der Waals surface area contributed by atoms with Crippen molar-refractivity contribution < 1.29 is 74.9 Å². The predicted molar refractivity (Wildman–Crippen MR) is 290 cm³/mol. The van der Waals surface area contributed by atoms with Crippen LogP contribution in [0.4, 0.5) is 0 Å². The molecule has 0 fully saturated rings. The molecule has 10 rings (SSSR count). The Labute approximate surface area is 445 Å². The number of carbonyl (C=O) groups is 6. The van der Waals surface area contributed by atoms with E-state index < -0.39 is 29.8 Å². The summed E-state index contributed by atoms with van der Waals surface area (Å²) in [7, 11) is 0. The van der Waals surface area contributed by atoms with Crippen molar-refractivity contribution in [3.05, 3.63) is 217 Å². The highest BCUT2D eigenvalue weighted by Gasteiger charge is 2.22. The molecule has 0 atom stereocenters. The number of para-hydroxylation sites is 1. The lowest BCUT2D eigenvalue weighted by Gasteiger charge is -2.04. The molecular formula is C61H50O17. The summed E-state index contributed by atoms with van der Waals surface area (Å²) in [5.74, 6) is 0.0967. The van der Waals surface area contributed by atoms with Crippen LogP contribution in [0, 0.1) is 0 Å². The summed E-state index contributed by atoms with van der Waals surface area (Å²) in [4.78, 5) is 79.2. The van der Waals surface area contributed by atoms with E-state index in [2.05, 4.69) is 32.9 Å². The van der Waals surface area contributed by atoms with Gasteiger partial charge in [0.1, 0.15) is 45.5 Å². The van der Waals surface area contributed by atoms with Gasteiger partial charge in [0.05, 0.1) is 36.0 Å². The maximum Gasteiger partial charge on any atom is 0.338 e. The third-order valence-electron chi connectivity index (χ3n) is 10.3. The SMILES string of the molecule is C=C(C)C(=O)Oc1ccc2c(c1)C(=O)CO2.C=C(C)C(=O)Oc1ccc2ccoc2c1.C=C(C)C(=O)Oc1ccc2occc(=O)c2c1.C=C(C)C(=O)Oc1ccc2occc2c1.C=C(C)C(=O)Oc1cccc2ccoc12. The Hall–Kier alpha value is -10.6. The molecule has 17 nitrogen and oxygen atoms in total. The zero-order valence-electron chi connectivity index (χ0n) is 43.0. The van der Waals surface area contributed by atoms with E-state index >= 15 is 0 Å². The second kappa shape index (κ2) is 26.1. The van der Waals surface area contributed by atoms with Gasteiger partial charge in [-0.1, -0.05) is 45.0 Å². The maximum absolute atomic E-state index is 11.5. The molecule has 0 saturated carbocycles. The standard InChI is InChI=1S/C13H10O4.C12H10O4.3C12H10O3/c1-8(2)13(15)17-9-3-4-12-10(7-9)11(14)5-6-16-12;1-7(2)12(14)16-8-3-4-11-9(5-8)10(13)6-15-11;1-8(2)12(13)15-10-3-4-11-9(7-10)5-6-14-11;1-8(2)12(13)15-10-4-3-9-5-6-14-11(9)7-10;1-8(2)12(13)15-10-5-3-4-9-6-7-14-11(9)10/h3-7H,1H2,2H3;3-5H,1,6H2,2H3;3*3-7H,1H2,2H3. The number of ether oxygens (including phenoxy) is 6. The Bertz CT molecular complexity index is 3770. The van der Waals surface area contributed by atoms with Crippen LogP contribution in [0.2, 0.25) is 0 Å². The molecule has 0 radical (unpaired) electrons. The van der Waals surface area contributed by atoms with Gasteiger partial charge < -0.3 is 46.1 Å². The minimum Gasteiger partial charge on any atom is -0.485 e. The predicted octanol–water partition coefficient (Wildman–Crippen LogP) is 12.8. The van der Waals surface area contributed by atoms with Crippen LogP contribution >= 0.6 is 0 Å². The Kier molecular flexibility index (Phi) is 19.0. The molecular weight excluding hydrogens is 1000 g/mol. The largest absolute Gasteiger partial charge is 0.485 e. The number of rotatable bonds is 10. The Morgan fingerprint density at radius 2 is 0.885 bits per heavy atom. The number of hydrogen-bond acceptors (Lipinski definition) is 17. The fourth-order valence-electron chi connectivity index (χ4n) is 6.28. The van der Waals surface area contributed by atoms with Crippen LogP contribution < -0.4 is 33.8 Å². The Morgan fingerprint density at radius 1 is 0.423 bits per heavy atom. The average Bonchev–Trinajstić information content (AvgIpc) is 4.26. The number of carbonyl (C=O) groups excluding carboxylic acids is 6. The van der Waals surface area contributed by atoms with E-state index in [9.17, 15) is 33.6 Å². The molecule has 5 aromatic carbocycles. The Morgan fingerprint density at radius 3 is 1.50 bits per heavy atom. The molecule has 78 heavy (non-hydrogen) atoms. The number of benzene rings is 5. The topological polar surface area (TPSA) is 227 Å². The first-order chi connectivity index (χ1) is 37.2. The van der Waals surface area contributed by atoms with E-state index in [1.165, 1.54) is 24.5 Å².